The van der Waals surface area contributed by atoms with Gasteiger partial charge in [-0.2, -0.15) is 0 Å². The Morgan fingerprint density at radius 3 is 2.88 bits per heavy atom. The minimum atomic E-state index is -0.659. The van der Waals surface area contributed by atoms with Crippen LogP contribution < -0.4 is 14.8 Å². The number of carbonyl (C=O) groups is 3. The van der Waals surface area contributed by atoms with Crippen LogP contribution >= 0.6 is 0 Å². The molecule has 0 spiro atoms. The highest BCUT2D eigenvalue weighted by atomic mass is 16.6. The van der Waals surface area contributed by atoms with Gasteiger partial charge >= 0.3 is 0 Å². The molecule has 24 heavy (non-hydrogen) atoms. The molecule has 126 valence electrons. The second-order valence-electron chi connectivity index (χ2n) is 6.05. The molecule has 1 aromatic rings. The molecule has 2 N–H and O–H groups in total. The third kappa shape index (κ3) is 2.22. The summed E-state index contributed by atoms with van der Waals surface area (Å²) in [7, 11) is 0. The van der Waals surface area contributed by atoms with E-state index in [0.29, 0.717) is 29.0 Å². The van der Waals surface area contributed by atoms with Gasteiger partial charge in [-0.15, -0.1) is 0 Å². The van der Waals surface area contributed by atoms with Gasteiger partial charge in [0, 0.05) is 17.5 Å². The van der Waals surface area contributed by atoms with Crippen LogP contribution in [0, 0.1) is 0 Å². The van der Waals surface area contributed by atoms with Gasteiger partial charge in [0.15, 0.2) is 17.6 Å². The summed E-state index contributed by atoms with van der Waals surface area (Å²) in [6, 6.07) is 2.63. The van der Waals surface area contributed by atoms with Crippen LogP contribution in [-0.2, 0) is 16.1 Å². The lowest BCUT2D eigenvalue weighted by atomic mass is 10.0. The molecule has 2 atom stereocenters. The fraction of sp³-hybridized carbons (Fsp3) is 0.438. The Hall–Kier alpha value is -2.61. The minimum absolute atomic E-state index is 0.155. The zero-order valence-corrected chi connectivity index (χ0v) is 12.8. The topological polar surface area (TPSA) is 105 Å². The van der Waals surface area contributed by atoms with E-state index in [4.69, 9.17) is 9.47 Å². The number of nitrogens with zero attached hydrogens (tertiary/aromatic N) is 1. The molecule has 1 saturated heterocycles. The van der Waals surface area contributed by atoms with Crippen molar-refractivity contribution in [2.75, 3.05) is 13.2 Å². The van der Waals surface area contributed by atoms with Crippen molar-refractivity contribution in [1.29, 1.82) is 0 Å². The number of amides is 3. The first-order valence-corrected chi connectivity index (χ1v) is 7.79. The lowest BCUT2D eigenvalue weighted by molar-refractivity contribution is -0.136. The average Bonchev–Trinajstić information content (AvgIpc) is 2.91. The van der Waals surface area contributed by atoms with Crippen LogP contribution in [0.15, 0.2) is 12.1 Å². The number of aliphatic hydroxyl groups is 1. The number of imide groups is 1. The number of rotatable bonds is 2. The predicted octanol–water partition coefficient (Wildman–Crippen LogP) is -0.420. The Kier molecular flexibility index (Phi) is 3.42. The summed E-state index contributed by atoms with van der Waals surface area (Å²) in [5, 5.41) is 11.4. The van der Waals surface area contributed by atoms with Crippen LogP contribution in [0.1, 0.15) is 28.8 Å². The Labute approximate surface area is 137 Å². The van der Waals surface area contributed by atoms with Gasteiger partial charge in [-0.3, -0.25) is 19.7 Å². The van der Waals surface area contributed by atoms with Crippen molar-refractivity contribution in [3.05, 3.63) is 23.3 Å². The molecule has 0 aromatic heterocycles. The van der Waals surface area contributed by atoms with Gasteiger partial charge in [-0.1, -0.05) is 0 Å². The molecule has 0 unspecified atom stereocenters. The number of carbonyl (C=O) groups excluding carboxylic acids is 3. The number of nitrogens with one attached hydrogen (secondary N) is 1. The number of fused-ring (bicyclic) bond motifs is 3. The maximum atomic E-state index is 12.7. The lowest BCUT2D eigenvalue weighted by Gasteiger charge is -2.29. The molecule has 8 heteroatoms. The number of hydrogen-bond acceptors (Lipinski definition) is 6. The van der Waals surface area contributed by atoms with E-state index < -0.39 is 18.1 Å². The van der Waals surface area contributed by atoms with Gasteiger partial charge in [0.05, 0.1) is 13.2 Å². The van der Waals surface area contributed by atoms with E-state index in [1.54, 1.807) is 12.1 Å². The molecular formula is C16H16N2O6. The van der Waals surface area contributed by atoms with Crippen LogP contribution in [0.5, 0.6) is 11.5 Å². The first-order chi connectivity index (χ1) is 11.6. The molecule has 0 bridgehead atoms. The predicted molar refractivity (Wildman–Crippen MR) is 79.5 cm³/mol. The number of piperidine rings is 1. The van der Waals surface area contributed by atoms with Crippen LogP contribution in [0.3, 0.4) is 0 Å². The lowest BCUT2D eigenvalue weighted by Crippen LogP contribution is -2.52. The smallest absolute Gasteiger partial charge is 0.255 e. The van der Waals surface area contributed by atoms with Gasteiger partial charge in [-0.25, -0.2) is 0 Å². The second-order valence-corrected chi connectivity index (χ2v) is 6.05. The highest BCUT2D eigenvalue weighted by molar-refractivity contribution is 6.05. The molecular weight excluding hydrogens is 316 g/mol. The number of hydrogen-bond donors (Lipinski definition) is 2. The van der Waals surface area contributed by atoms with Crippen molar-refractivity contribution in [2.45, 2.75) is 31.5 Å². The van der Waals surface area contributed by atoms with Crippen molar-refractivity contribution >= 4 is 17.7 Å². The van der Waals surface area contributed by atoms with Gasteiger partial charge in [0.1, 0.15) is 12.6 Å². The summed E-state index contributed by atoms with van der Waals surface area (Å²) < 4.78 is 11.3. The van der Waals surface area contributed by atoms with Gasteiger partial charge in [0.25, 0.3) is 5.91 Å². The van der Waals surface area contributed by atoms with Gasteiger partial charge in [-0.05, 0) is 18.6 Å². The first kappa shape index (κ1) is 14.9. The summed E-state index contributed by atoms with van der Waals surface area (Å²) in [5.74, 6) is -0.0455. The number of benzene rings is 1. The van der Waals surface area contributed by atoms with E-state index in [0.717, 1.165) is 0 Å². The van der Waals surface area contributed by atoms with Crippen molar-refractivity contribution < 1.29 is 29.0 Å². The third-order valence-corrected chi connectivity index (χ3v) is 4.54. The van der Waals surface area contributed by atoms with Crippen LogP contribution in [0.2, 0.25) is 0 Å². The summed E-state index contributed by atoms with van der Waals surface area (Å²) in [4.78, 5) is 37.5. The van der Waals surface area contributed by atoms with Gasteiger partial charge in [0.2, 0.25) is 11.8 Å². The highest BCUT2D eigenvalue weighted by Gasteiger charge is 2.41. The Morgan fingerprint density at radius 1 is 1.29 bits per heavy atom. The van der Waals surface area contributed by atoms with E-state index >= 15 is 0 Å². The van der Waals surface area contributed by atoms with Crippen LogP contribution in [0.25, 0.3) is 0 Å². The second kappa shape index (κ2) is 5.48. The average molecular weight is 332 g/mol. The monoisotopic (exact) mass is 332 g/mol. The van der Waals surface area contributed by atoms with E-state index in [9.17, 15) is 19.5 Å². The molecule has 0 saturated carbocycles. The Bertz CT molecular complexity index is 746. The summed E-state index contributed by atoms with van der Waals surface area (Å²) in [5.41, 5.74) is 1.16. The quantitative estimate of drug-likeness (QED) is 0.713. The number of aliphatic hydroxyl groups excluding tert-OH is 1. The van der Waals surface area contributed by atoms with Crippen LogP contribution in [0.4, 0.5) is 0 Å². The van der Waals surface area contributed by atoms with E-state index in [2.05, 4.69) is 5.32 Å². The zero-order valence-electron chi connectivity index (χ0n) is 12.8. The molecule has 3 aliphatic rings. The molecule has 3 amide bonds. The largest absolute Gasteiger partial charge is 0.485 e. The molecule has 1 fully saturated rings. The standard InChI is InChI=1S/C16H16N2O6/c19-6-8-7-23-14-10-5-18(11-2-4-13(20)17-15(11)21)16(22)9(10)1-3-12(14)24-8/h1,3,8,11,19H,2,4-7H2,(H,17,20,21)/t8-,11-/m0/s1. The van der Waals surface area contributed by atoms with Crippen LogP contribution in [-0.4, -0.2) is 53.1 Å². The Morgan fingerprint density at radius 2 is 2.12 bits per heavy atom. The normalized spacial score (nSPS) is 25.5. The number of ether oxygens (including phenoxy) is 2. The molecule has 0 radical (unpaired) electrons. The van der Waals surface area contributed by atoms with Crippen molar-refractivity contribution in [3.8, 4) is 11.5 Å². The van der Waals surface area contributed by atoms with Crippen molar-refractivity contribution in [2.24, 2.45) is 0 Å². The Balaban J connectivity index is 1.63. The maximum Gasteiger partial charge on any atom is 0.255 e. The molecule has 0 aliphatic carbocycles. The summed E-state index contributed by atoms with van der Waals surface area (Å²) in [6.07, 6.45) is 0.0991. The minimum Gasteiger partial charge on any atom is -0.485 e. The van der Waals surface area contributed by atoms with Crippen molar-refractivity contribution in [3.63, 3.8) is 0 Å². The SMILES string of the molecule is O=C1CC[C@H](N2Cc3c(ccc4c3OC[C@H](CO)O4)C2=O)C(=O)N1. The summed E-state index contributed by atoms with van der Waals surface area (Å²) >= 11 is 0. The summed E-state index contributed by atoms with van der Waals surface area (Å²) in [6.45, 7) is 0.279. The third-order valence-electron chi connectivity index (χ3n) is 4.54. The molecule has 1 aromatic carbocycles. The first-order valence-electron chi connectivity index (χ1n) is 7.79. The molecule has 3 aliphatic heterocycles. The van der Waals surface area contributed by atoms with E-state index in [1.807, 2.05) is 0 Å². The van der Waals surface area contributed by atoms with Gasteiger partial charge < -0.3 is 19.5 Å². The van der Waals surface area contributed by atoms with Crippen molar-refractivity contribution in [1.82, 2.24) is 10.2 Å². The zero-order chi connectivity index (χ0) is 16.8. The molecule has 8 nitrogen and oxygen atoms in total. The maximum absolute atomic E-state index is 12.7. The fourth-order valence-electron chi connectivity index (χ4n) is 3.32. The molecule has 3 heterocycles. The van der Waals surface area contributed by atoms with E-state index in [-0.39, 0.29) is 38.0 Å². The molecule has 4 rings (SSSR count). The van der Waals surface area contributed by atoms with E-state index in [1.165, 1.54) is 4.90 Å². The fourth-order valence-corrected chi connectivity index (χ4v) is 3.32. The highest BCUT2D eigenvalue weighted by Crippen LogP contribution is 2.41.